The largest absolute Gasteiger partial charge is 0.349 e. The predicted molar refractivity (Wildman–Crippen MR) is 89.6 cm³/mol. The van der Waals surface area contributed by atoms with E-state index in [1.807, 2.05) is 0 Å². The maximum Gasteiger partial charge on any atom is 0.243 e. The van der Waals surface area contributed by atoms with Gasteiger partial charge in [0.1, 0.15) is 5.78 Å². The molecule has 3 heteroatoms. The van der Waals surface area contributed by atoms with E-state index in [1.54, 1.807) is 13.0 Å². The van der Waals surface area contributed by atoms with Crippen LogP contribution in [-0.2, 0) is 9.59 Å². The van der Waals surface area contributed by atoms with Crippen molar-refractivity contribution in [3.63, 3.8) is 0 Å². The van der Waals surface area contributed by atoms with Crippen molar-refractivity contribution in [2.24, 2.45) is 34.5 Å². The third-order valence-electron chi connectivity index (χ3n) is 8.18. The van der Waals surface area contributed by atoms with Crippen LogP contribution in [0.3, 0.4) is 0 Å². The minimum absolute atomic E-state index is 0.0732. The van der Waals surface area contributed by atoms with E-state index < -0.39 is 0 Å². The molecule has 0 spiro atoms. The van der Waals surface area contributed by atoms with Gasteiger partial charge in [0.25, 0.3) is 0 Å². The molecular formula is C20H29NO2. The minimum atomic E-state index is 0.0732. The molecule has 4 aliphatic rings. The predicted octanol–water partition coefficient (Wildman–Crippen LogP) is 3.49. The van der Waals surface area contributed by atoms with E-state index in [0.29, 0.717) is 23.7 Å². The van der Waals surface area contributed by atoms with Gasteiger partial charge in [-0.05, 0) is 74.7 Å². The molecule has 4 rings (SSSR count). The number of rotatable bonds is 1. The lowest BCUT2D eigenvalue weighted by molar-refractivity contribution is -0.130. The Morgan fingerprint density at radius 3 is 2.65 bits per heavy atom. The van der Waals surface area contributed by atoms with Gasteiger partial charge in [0, 0.05) is 17.4 Å². The number of amides is 1. The highest BCUT2D eigenvalue weighted by atomic mass is 16.1. The normalized spacial score (nSPS) is 51.4. The highest BCUT2D eigenvalue weighted by molar-refractivity contribution is 5.89. The van der Waals surface area contributed by atoms with Crippen molar-refractivity contribution in [1.82, 2.24) is 5.32 Å². The van der Waals surface area contributed by atoms with Gasteiger partial charge >= 0.3 is 0 Å². The van der Waals surface area contributed by atoms with E-state index in [0.717, 1.165) is 18.8 Å². The van der Waals surface area contributed by atoms with E-state index in [2.05, 4.69) is 25.2 Å². The second-order valence-electron chi connectivity index (χ2n) is 9.00. The number of nitrogens with one attached hydrogen (secondary N) is 1. The number of carbonyl (C=O) groups is 2. The number of carbonyl (C=O) groups excluding carboxylic acids is 2. The Balaban J connectivity index is 1.66. The van der Waals surface area contributed by atoms with Crippen LogP contribution in [0.2, 0.25) is 0 Å². The first-order valence-corrected chi connectivity index (χ1v) is 9.36. The second kappa shape index (κ2) is 4.94. The summed E-state index contributed by atoms with van der Waals surface area (Å²) in [5.41, 5.74) is 0.324. The Hall–Kier alpha value is -1.12. The van der Waals surface area contributed by atoms with Crippen LogP contribution >= 0.6 is 0 Å². The third kappa shape index (κ3) is 2.01. The molecule has 1 amide bonds. The van der Waals surface area contributed by atoms with Gasteiger partial charge in [-0.15, -0.1) is 0 Å². The molecule has 1 aliphatic heterocycles. The molecule has 1 heterocycles. The van der Waals surface area contributed by atoms with Gasteiger partial charge in [-0.3, -0.25) is 9.59 Å². The zero-order valence-corrected chi connectivity index (χ0v) is 14.6. The van der Waals surface area contributed by atoms with Crippen LogP contribution < -0.4 is 5.32 Å². The summed E-state index contributed by atoms with van der Waals surface area (Å²) in [6.45, 7) is 6.53. The molecule has 1 unspecified atom stereocenters. The molecule has 0 bridgehead atoms. The number of Topliss-reactive ketones (excluding diaryl/α,β-unsaturated/α-hetero) is 1. The number of hydrogen-bond donors (Lipinski definition) is 1. The lowest BCUT2D eigenvalue weighted by Crippen LogP contribution is -2.59. The number of fused-ring (bicyclic) bond motifs is 5. The summed E-state index contributed by atoms with van der Waals surface area (Å²) >= 11 is 0. The third-order valence-corrected chi connectivity index (χ3v) is 8.18. The lowest BCUT2D eigenvalue weighted by Gasteiger charge is -2.58. The van der Waals surface area contributed by atoms with Gasteiger partial charge in [-0.25, -0.2) is 0 Å². The smallest absolute Gasteiger partial charge is 0.243 e. The van der Waals surface area contributed by atoms with E-state index in [-0.39, 0.29) is 22.7 Å². The minimum Gasteiger partial charge on any atom is -0.349 e. The fraction of sp³-hybridized carbons (Fsp3) is 0.800. The molecule has 3 saturated carbocycles. The molecule has 0 aromatic carbocycles. The van der Waals surface area contributed by atoms with Crippen LogP contribution in [0.4, 0.5) is 0 Å². The molecule has 0 radical (unpaired) electrons. The summed E-state index contributed by atoms with van der Waals surface area (Å²) in [6, 6.07) is 0.301. The van der Waals surface area contributed by atoms with Crippen molar-refractivity contribution in [3.05, 3.63) is 12.2 Å². The van der Waals surface area contributed by atoms with Crippen molar-refractivity contribution >= 4 is 11.7 Å². The van der Waals surface area contributed by atoms with Gasteiger partial charge in [-0.1, -0.05) is 19.9 Å². The maximum atomic E-state index is 12.1. The Labute approximate surface area is 139 Å². The Morgan fingerprint density at radius 2 is 1.91 bits per heavy atom. The highest BCUT2D eigenvalue weighted by Crippen LogP contribution is 2.65. The zero-order chi connectivity index (χ0) is 16.4. The first-order valence-electron chi connectivity index (χ1n) is 9.36. The summed E-state index contributed by atoms with van der Waals surface area (Å²) in [6.07, 6.45) is 10.9. The quantitative estimate of drug-likeness (QED) is 0.805. The first-order chi connectivity index (χ1) is 10.9. The summed E-state index contributed by atoms with van der Waals surface area (Å²) in [5, 5.41) is 3.21. The fourth-order valence-electron chi connectivity index (χ4n) is 7.00. The van der Waals surface area contributed by atoms with Gasteiger partial charge < -0.3 is 5.32 Å². The Bertz CT molecular complexity index is 582. The lowest BCUT2D eigenvalue weighted by atomic mass is 9.48. The molecule has 0 saturated heterocycles. The molecule has 0 aromatic rings. The van der Waals surface area contributed by atoms with Gasteiger partial charge in [-0.2, -0.15) is 0 Å². The summed E-state index contributed by atoms with van der Waals surface area (Å²) in [7, 11) is 0. The molecular weight excluding hydrogens is 286 g/mol. The van der Waals surface area contributed by atoms with Crippen LogP contribution in [0.15, 0.2) is 12.2 Å². The number of ketones is 1. The van der Waals surface area contributed by atoms with Crippen LogP contribution in [0.25, 0.3) is 0 Å². The topological polar surface area (TPSA) is 46.2 Å². The average Bonchev–Trinajstić information content (AvgIpc) is 2.85. The number of hydrogen-bond acceptors (Lipinski definition) is 2. The zero-order valence-electron chi connectivity index (χ0n) is 14.6. The molecule has 23 heavy (non-hydrogen) atoms. The second-order valence-corrected chi connectivity index (χ2v) is 9.00. The van der Waals surface area contributed by atoms with Crippen LogP contribution in [0.5, 0.6) is 0 Å². The van der Waals surface area contributed by atoms with Crippen molar-refractivity contribution in [3.8, 4) is 0 Å². The SMILES string of the molecule is CC(=O)[C@H]1CC[C@H]2[C@@H]3CCC4NC(=O)C=C[C@]4(C)[C@H]3CC[C@]12C. The molecule has 3 aliphatic carbocycles. The van der Waals surface area contributed by atoms with E-state index in [1.165, 1.54) is 25.7 Å². The summed E-state index contributed by atoms with van der Waals surface area (Å²) < 4.78 is 0. The van der Waals surface area contributed by atoms with Crippen LogP contribution in [-0.4, -0.2) is 17.7 Å². The highest BCUT2D eigenvalue weighted by Gasteiger charge is 2.60. The Kier molecular flexibility index (Phi) is 3.31. The molecule has 3 fully saturated rings. The van der Waals surface area contributed by atoms with Gasteiger partial charge in [0.2, 0.25) is 5.91 Å². The summed E-state index contributed by atoms with van der Waals surface area (Å²) in [4.78, 5) is 23.9. The van der Waals surface area contributed by atoms with Crippen molar-refractivity contribution in [1.29, 1.82) is 0 Å². The molecule has 0 aromatic heterocycles. The fourth-order valence-corrected chi connectivity index (χ4v) is 7.00. The van der Waals surface area contributed by atoms with Crippen molar-refractivity contribution < 1.29 is 9.59 Å². The standard InChI is InChI=1S/C20H29NO2/c1-12(22)14-5-6-15-13-4-7-17-20(3,11-9-18(23)21-17)16(13)8-10-19(14,15)2/h9,11,13-17H,4-8,10H2,1-3H3,(H,21,23)/t13-,14+,15-,16-,17?,19+,20+/m0/s1. The molecule has 7 atom stereocenters. The molecule has 126 valence electrons. The molecule has 3 nitrogen and oxygen atoms in total. The Morgan fingerprint density at radius 1 is 1.13 bits per heavy atom. The van der Waals surface area contributed by atoms with Gasteiger partial charge in [0.05, 0.1) is 0 Å². The van der Waals surface area contributed by atoms with Crippen molar-refractivity contribution in [2.45, 2.75) is 65.3 Å². The van der Waals surface area contributed by atoms with E-state index >= 15 is 0 Å². The van der Waals surface area contributed by atoms with Crippen LogP contribution in [0, 0.1) is 34.5 Å². The molecule has 1 N–H and O–H groups in total. The van der Waals surface area contributed by atoms with E-state index in [4.69, 9.17) is 0 Å². The van der Waals surface area contributed by atoms with Crippen LogP contribution in [0.1, 0.15) is 59.3 Å². The average molecular weight is 315 g/mol. The first kappa shape index (κ1) is 15.4. The monoisotopic (exact) mass is 315 g/mol. The van der Waals surface area contributed by atoms with Gasteiger partial charge in [0.15, 0.2) is 0 Å². The maximum absolute atomic E-state index is 12.1. The van der Waals surface area contributed by atoms with E-state index in [9.17, 15) is 9.59 Å². The summed E-state index contributed by atoms with van der Waals surface area (Å²) in [5.74, 6) is 2.82. The van der Waals surface area contributed by atoms with Crippen molar-refractivity contribution in [2.75, 3.05) is 0 Å².